The highest BCUT2D eigenvalue weighted by atomic mass is 16.5. The summed E-state index contributed by atoms with van der Waals surface area (Å²) >= 11 is 0. The highest BCUT2D eigenvalue weighted by Crippen LogP contribution is 2.51. The van der Waals surface area contributed by atoms with Crippen molar-refractivity contribution < 1.29 is 4.74 Å². The summed E-state index contributed by atoms with van der Waals surface area (Å²) in [7, 11) is 1.88. The summed E-state index contributed by atoms with van der Waals surface area (Å²) in [5.74, 6) is 0.647. The summed E-state index contributed by atoms with van der Waals surface area (Å²) < 4.78 is 5.71. The molecule has 20 heavy (non-hydrogen) atoms. The topological polar surface area (TPSA) is 21.3 Å². The fourth-order valence-corrected chi connectivity index (χ4v) is 4.42. The van der Waals surface area contributed by atoms with E-state index in [2.05, 4.69) is 36.5 Å². The van der Waals surface area contributed by atoms with E-state index in [1.54, 1.807) is 0 Å². The minimum Gasteiger partial charge on any atom is -0.381 e. The maximum atomic E-state index is 5.71. The molecule has 3 unspecified atom stereocenters. The molecule has 2 aliphatic rings. The maximum absolute atomic E-state index is 5.71. The lowest BCUT2D eigenvalue weighted by atomic mass is 9.60. The quantitative estimate of drug-likeness (QED) is 0.888. The van der Waals surface area contributed by atoms with Gasteiger partial charge in [0.05, 0.1) is 6.10 Å². The maximum Gasteiger partial charge on any atom is 0.0576 e. The number of hydrogen-bond acceptors (Lipinski definition) is 2. The van der Waals surface area contributed by atoms with Gasteiger partial charge in [0.15, 0.2) is 0 Å². The molecule has 1 aliphatic carbocycles. The summed E-state index contributed by atoms with van der Waals surface area (Å²) in [6.45, 7) is 4.49. The van der Waals surface area contributed by atoms with Gasteiger partial charge in [-0.1, -0.05) is 36.2 Å². The van der Waals surface area contributed by atoms with Crippen molar-refractivity contribution in [2.75, 3.05) is 20.2 Å². The van der Waals surface area contributed by atoms with Crippen LogP contribution in [0.2, 0.25) is 0 Å². The molecule has 3 atom stereocenters. The minimum absolute atomic E-state index is 0.456. The van der Waals surface area contributed by atoms with E-state index >= 15 is 0 Å². The molecule has 1 saturated carbocycles. The molecule has 0 aromatic heterocycles. The van der Waals surface area contributed by atoms with Crippen LogP contribution in [0.25, 0.3) is 0 Å². The van der Waals surface area contributed by atoms with Gasteiger partial charge in [-0.25, -0.2) is 0 Å². The fraction of sp³-hybridized carbons (Fsp3) is 0.667. The molecular formula is C18H27NO. The molecule has 1 spiro atoms. The molecule has 2 fully saturated rings. The van der Waals surface area contributed by atoms with E-state index in [4.69, 9.17) is 4.74 Å². The van der Waals surface area contributed by atoms with Crippen LogP contribution >= 0.6 is 0 Å². The van der Waals surface area contributed by atoms with Crippen molar-refractivity contribution in [1.29, 1.82) is 0 Å². The second-order valence-electron chi connectivity index (χ2n) is 6.74. The first-order valence-electron chi connectivity index (χ1n) is 8.04. The van der Waals surface area contributed by atoms with Crippen LogP contribution in [0, 0.1) is 12.3 Å². The van der Waals surface area contributed by atoms with Gasteiger partial charge in [-0.3, -0.25) is 0 Å². The van der Waals surface area contributed by atoms with Crippen molar-refractivity contribution in [2.45, 2.75) is 51.0 Å². The standard InChI is InChI=1S/C18H27NO/c1-14-5-3-6-15(11-14)17-13-19-10-9-18(17)8-4-7-16(12-18)20-2/h3,5-6,11,16-17,19H,4,7-10,12-13H2,1-2H3. The summed E-state index contributed by atoms with van der Waals surface area (Å²) in [5, 5.41) is 3.62. The molecule has 0 amide bonds. The zero-order valence-electron chi connectivity index (χ0n) is 12.8. The average Bonchev–Trinajstić information content (AvgIpc) is 2.48. The number of nitrogens with one attached hydrogen (secondary N) is 1. The van der Waals surface area contributed by atoms with Crippen LogP contribution in [-0.2, 0) is 4.74 Å². The van der Waals surface area contributed by atoms with Gasteiger partial charge in [0.1, 0.15) is 0 Å². The lowest BCUT2D eigenvalue weighted by Crippen LogP contribution is -2.47. The molecule has 3 rings (SSSR count). The number of aryl methyl sites for hydroxylation is 1. The van der Waals surface area contributed by atoms with Crippen molar-refractivity contribution in [3.05, 3.63) is 35.4 Å². The van der Waals surface area contributed by atoms with Crippen molar-refractivity contribution in [3.8, 4) is 0 Å². The minimum atomic E-state index is 0.456. The lowest BCUT2D eigenvalue weighted by molar-refractivity contribution is -0.0122. The first-order chi connectivity index (χ1) is 9.73. The Balaban J connectivity index is 1.90. The predicted octanol–water partition coefficient (Wildman–Crippen LogP) is 3.65. The van der Waals surface area contributed by atoms with E-state index in [0.717, 1.165) is 6.54 Å². The van der Waals surface area contributed by atoms with E-state index in [1.165, 1.54) is 49.8 Å². The van der Waals surface area contributed by atoms with Crippen molar-refractivity contribution >= 4 is 0 Å². The van der Waals surface area contributed by atoms with Gasteiger partial charge in [0.2, 0.25) is 0 Å². The molecule has 2 nitrogen and oxygen atoms in total. The Morgan fingerprint density at radius 1 is 1.30 bits per heavy atom. The first kappa shape index (κ1) is 14.1. The van der Waals surface area contributed by atoms with Gasteiger partial charge in [-0.2, -0.15) is 0 Å². The molecule has 0 radical (unpaired) electrons. The Bertz CT molecular complexity index is 454. The number of rotatable bonds is 2. The third-order valence-corrected chi connectivity index (χ3v) is 5.50. The van der Waals surface area contributed by atoms with Gasteiger partial charge < -0.3 is 10.1 Å². The van der Waals surface area contributed by atoms with Gasteiger partial charge in [-0.05, 0) is 50.1 Å². The number of ether oxygens (including phenoxy) is 1. The van der Waals surface area contributed by atoms with Crippen molar-refractivity contribution in [1.82, 2.24) is 5.32 Å². The molecule has 1 heterocycles. The molecule has 2 heteroatoms. The zero-order chi connectivity index (χ0) is 14.0. The second-order valence-corrected chi connectivity index (χ2v) is 6.74. The van der Waals surface area contributed by atoms with Crippen LogP contribution in [0.4, 0.5) is 0 Å². The van der Waals surface area contributed by atoms with Crippen molar-refractivity contribution in [2.24, 2.45) is 5.41 Å². The smallest absolute Gasteiger partial charge is 0.0576 e. The number of hydrogen-bond donors (Lipinski definition) is 1. The molecule has 0 bridgehead atoms. The van der Waals surface area contributed by atoms with E-state index in [9.17, 15) is 0 Å². The largest absolute Gasteiger partial charge is 0.381 e. The van der Waals surface area contributed by atoms with Crippen LogP contribution in [0.15, 0.2) is 24.3 Å². The second kappa shape index (κ2) is 5.87. The Morgan fingerprint density at radius 3 is 3.00 bits per heavy atom. The number of methoxy groups -OCH3 is 1. The number of piperidine rings is 1. The normalized spacial score (nSPS) is 34.3. The van der Waals surface area contributed by atoms with Crippen LogP contribution in [0.3, 0.4) is 0 Å². The Kier molecular flexibility index (Phi) is 4.13. The molecular weight excluding hydrogens is 246 g/mol. The Labute approximate surface area is 122 Å². The number of benzene rings is 1. The van der Waals surface area contributed by atoms with E-state index in [0.29, 0.717) is 17.4 Å². The molecule has 1 aromatic carbocycles. The summed E-state index contributed by atoms with van der Waals surface area (Å²) in [5.41, 5.74) is 3.36. The van der Waals surface area contributed by atoms with E-state index in [1.807, 2.05) is 7.11 Å². The van der Waals surface area contributed by atoms with Crippen molar-refractivity contribution in [3.63, 3.8) is 0 Å². The lowest BCUT2D eigenvalue weighted by Gasteiger charge is -2.49. The predicted molar refractivity (Wildman–Crippen MR) is 83.1 cm³/mol. The Hall–Kier alpha value is -0.860. The van der Waals surface area contributed by atoms with E-state index < -0.39 is 0 Å². The summed E-state index contributed by atoms with van der Waals surface area (Å²) in [6.07, 6.45) is 6.93. The molecule has 1 aromatic rings. The average molecular weight is 273 g/mol. The molecule has 110 valence electrons. The summed E-state index contributed by atoms with van der Waals surface area (Å²) in [6, 6.07) is 9.12. The van der Waals surface area contributed by atoms with Crippen LogP contribution in [0.5, 0.6) is 0 Å². The van der Waals surface area contributed by atoms with Gasteiger partial charge in [0, 0.05) is 19.6 Å². The van der Waals surface area contributed by atoms with Gasteiger partial charge in [0.25, 0.3) is 0 Å². The first-order valence-corrected chi connectivity index (χ1v) is 8.04. The van der Waals surface area contributed by atoms with E-state index in [-0.39, 0.29) is 0 Å². The highest BCUT2D eigenvalue weighted by Gasteiger charge is 2.44. The third kappa shape index (κ3) is 2.64. The fourth-order valence-electron chi connectivity index (χ4n) is 4.42. The third-order valence-electron chi connectivity index (χ3n) is 5.50. The zero-order valence-corrected chi connectivity index (χ0v) is 12.8. The summed E-state index contributed by atoms with van der Waals surface area (Å²) in [4.78, 5) is 0. The monoisotopic (exact) mass is 273 g/mol. The SMILES string of the molecule is COC1CCCC2(CCNCC2c2cccc(C)c2)C1. The van der Waals surface area contributed by atoms with Crippen LogP contribution in [0.1, 0.15) is 49.1 Å². The van der Waals surface area contributed by atoms with Gasteiger partial charge >= 0.3 is 0 Å². The molecule has 1 aliphatic heterocycles. The Morgan fingerprint density at radius 2 is 2.20 bits per heavy atom. The van der Waals surface area contributed by atoms with Gasteiger partial charge in [-0.15, -0.1) is 0 Å². The highest BCUT2D eigenvalue weighted by molar-refractivity contribution is 5.28. The van der Waals surface area contributed by atoms with Crippen LogP contribution in [-0.4, -0.2) is 26.3 Å². The molecule has 1 saturated heterocycles. The molecule has 1 N–H and O–H groups in total. The van der Waals surface area contributed by atoms with Crippen LogP contribution < -0.4 is 5.32 Å².